The van der Waals surface area contributed by atoms with E-state index in [9.17, 15) is 4.39 Å². The number of benzene rings is 1. The van der Waals surface area contributed by atoms with Crippen LogP contribution in [0.25, 0.3) is 0 Å². The van der Waals surface area contributed by atoms with Crippen LogP contribution in [0.3, 0.4) is 0 Å². The molecule has 0 radical (unpaired) electrons. The summed E-state index contributed by atoms with van der Waals surface area (Å²) < 4.78 is 13.3. The van der Waals surface area contributed by atoms with Crippen LogP contribution in [0.2, 0.25) is 0 Å². The van der Waals surface area contributed by atoms with E-state index in [1.807, 2.05) is 18.0 Å². The number of aliphatic imine (C=N–C) groups is 1. The lowest BCUT2D eigenvalue weighted by molar-refractivity contribution is 0.285. The Labute approximate surface area is 139 Å². The van der Waals surface area contributed by atoms with Crippen LogP contribution in [0.4, 0.5) is 4.39 Å². The van der Waals surface area contributed by atoms with Gasteiger partial charge < -0.3 is 10.2 Å². The van der Waals surface area contributed by atoms with Crippen molar-refractivity contribution in [1.29, 1.82) is 0 Å². The highest BCUT2D eigenvalue weighted by Crippen LogP contribution is 2.25. The monoisotopic (exact) mass is 320 g/mol. The Bertz CT molecular complexity index is 513. The summed E-state index contributed by atoms with van der Waals surface area (Å²) in [5, 5.41) is 3.32. The number of nitrogens with zero attached hydrogens (tertiary/aromatic N) is 3. The van der Waals surface area contributed by atoms with Crippen LogP contribution in [-0.2, 0) is 6.54 Å². The molecule has 0 aromatic heterocycles. The second kappa shape index (κ2) is 8.87. The molecule has 0 heterocycles. The average molecular weight is 320 g/mol. The Morgan fingerprint density at radius 2 is 2.13 bits per heavy atom. The molecule has 1 N–H and O–H groups in total. The molecule has 0 bridgehead atoms. The maximum Gasteiger partial charge on any atom is 0.194 e. The molecular weight excluding hydrogens is 291 g/mol. The number of hydrogen-bond donors (Lipinski definition) is 1. The molecule has 5 heteroatoms. The first-order chi connectivity index (χ1) is 11.1. The molecule has 1 aromatic carbocycles. The zero-order valence-corrected chi connectivity index (χ0v) is 14.6. The van der Waals surface area contributed by atoms with Crippen LogP contribution in [0.5, 0.6) is 0 Å². The van der Waals surface area contributed by atoms with Gasteiger partial charge in [-0.3, -0.25) is 9.89 Å². The van der Waals surface area contributed by atoms with E-state index < -0.39 is 0 Å². The molecule has 1 fully saturated rings. The average Bonchev–Trinajstić information content (AvgIpc) is 3.35. The van der Waals surface area contributed by atoms with E-state index >= 15 is 0 Å². The van der Waals surface area contributed by atoms with Crippen molar-refractivity contribution in [1.82, 2.24) is 15.1 Å². The molecule has 1 aliphatic carbocycles. The van der Waals surface area contributed by atoms with Crippen LogP contribution < -0.4 is 5.32 Å². The van der Waals surface area contributed by atoms with Crippen LogP contribution >= 0.6 is 0 Å². The second-order valence-corrected chi connectivity index (χ2v) is 6.08. The standard InChI is InChI=1S/C18H29FN4/c1-4-20-18(21-11-12-23(5-2)17-9-10-17)22(3)14-15-7-6-8-16(19)13-15/h6-8,13,17H,4-5,9-12,14H2,1-3H3,(H,20,21). The summed E-state index contributed by atoms with van der Waals surface area (Å²) >= 11 is 0. The van der Waals surface area contributed by atoms with Crippen molar-refractivity contribution in [2.75, 3.05) is 33.2 Å². The number of nitrogens with one attached hydrogen (secondary N) is 1. The number of hydrogen-bond acceptors (Lipinski definition) is 2. The summed E-state index contributed by atoms with van der Waals surface area (Å²) in [6.07, 6.45) is 2.66. The zero-order chi connectivity index (χ0) is 16.7. The van der Waals surface area contributed by atoms with E-state index in [-0.39, 0.29) is 5.82 Å². The van der Waals surface area contributed by atoms with Crippen molar-refractivity contribution < 1.29 is 4.39 Å². The minimum absolute atomic E-state index is 0.194. The quantitative estimate of drug-likeness (QED) is 0.590. The Hall–Kier alpha value is -1.62. The lowest BCUT2D eigenvalue weighted by Crippen LogP contribution is -2.39. The topological polar surface area (TPSA) is 30.9 Å². The van der Waals surface area contributed by atoms with Gasteiger partial charge in [0.1, 0.15) is 5.82 Å². The fraction of sp³-hybridized carbons (Fsp3) is 0.611. The maximum absolute atomic E-state index is 13.3. The van der Waals surface area contributed by atoms with Gasteiger partial charge in [-0.15, -0.1) is 0 Å². The summed E-state index contributed by atoms with van der Waals surface area (Å²) in [6.45, 7) is 8.63. The predicted molar refractivity (Wildman–Crippen MR) is 94.1 cm³/mol. The van der Waals surface area contributed by atoms with Crippen LogP contribution in [0.1, 0.15) is 32.3 Å². The summed E-state index contributed by atoms with van der Waals surface area (Å²) in [4.78, 5) is 9.27. The smallest absolute Gasteiger partial charge is 0.194 e. The molecule has 128 valence electrons. The molecule has 23 heavy (non-hydrogen) atoms. The minimum Gasteiger partial charge on any atom is -0.357 e. The summed E-state index contributed by atoms with van der Waals surface area (Å²) in [6, 6.07) is 7.51. The van der Waals surface area contributed by atoms with E-state index in [1.54, 1.807) is 12.1 Å². The normalized spacial score (nSPS) is 15.1. The summed E-state index contributed by atoms with van der Waals surface area (Å²) in [7, 11) is 1.99. The SMILES string of the molecule is CCNC(=NCCN(CC)C1CC1)N(C)Cc1cccc(F)c1. The van der Waals surface area contributed by atoms with Crippen molar-refractivity contribution in [3.8, 4) is 0 Å². The number of likely N-dealkylation sites (N-methyl/N-ethyl adjacent to an activating group) is 1. The van der Waals surface area contributed by atoms with Crippen molar-refractivity contribution in [2.45, 2.75) is 39.3 Å². The third-order valence-electron chi connectivity index (χ3n) is 4.12. The highest BCUT2D eigenvalue weighted by molar-refractivity contribution is 5.79. The highest BCUT2D eigenvalue weighted by Gasteiger charge is 2.27. The molecule has 0 unspecified atom stereocenters. The molecule has 0 saturated heterocycles. The van der Waals surface area contributed by atoms with Crippen LogP contribution in [0.15, 0.2) is 29.3 Å². The summed E-state index contributed by atoms with van der Waals surface area (Å²) in [5.41, 5.74) is 0.950. The third-order valence-corrected chi connectivity index (χ3v) is 4.12. The molecular formula is C18H29FN4. The molecule has 0 atom stereocenters. The Morgan fingerprint density at radius 1 is 1.35 bits per heavy atom. The first-order valence-corrected chi connectivity index (χ1v) is 8.62. The second-order valence-electron chi connectivity index (χ2n) is 6.08. The number of halogens is 1. The van der Waals surface area contributed by atoms with Crippen molar-refractivity contribution in [3.05, 3.63) is 35.6 Å². The molecule has 0 amide bonds. The largest absolute Gasteiger partial charge is 0.357 e. The summed E-state index contributed by atoms with van der Waals surface area (Å²) in [5.74, 6) is 0.685. The van der Waals surface area contributed by atoms with Gasteiger partial charge in [0, 0.05) is 32.7 Å². The van der Waals surface area contributed by atoms with E-state index in [1.165, 1.54) is 18.9 Å². The lowest BCUT2D eigenvalue weighted by atomic mass is 10.2. The highest BCUT2D eigenvalue weighted by atomic mass is 19.1. The molecule has 0 spiro atoms. The Kier molecular flexibility index (Phi) is 6.84. The maximum atomic E-state index is 13.3. The van der Waals surface area contributed by atoms with Gasteiger partial charge in [0.05, 0.1) is 6.54 Å². The van der Waals surface area contributed by atoms with Gasteiger partial charge in [-0.1, -0.05) is 19.1 Å². The van der Waals surface area contributed by atoms with Crippen molar-refractivity contribution >= 4 is 5.96 Å². The first-order valence-electron chi connectivity index (χ1n) is 8.62. The molecule has 2 rings (SSSR count). The fourth-order valence-electron chi connectivity index (χ4n) is 2.78. The third kappa shape index (κ3) is 5.82. The lowest BCUT2D eigenvalue weighted by Gasteiger charge is -2.23. The van der Waals surface area contributed by atoms with E-state index in [2.05, 4.69) is 24.1 Å². The minimum atomic E-state index is -0.194. The molecule has 0 aliphatic heterocycles. The van der Waals surface area contributed by atoms with Gasteiger partial charge in [-0.05, 0) is 44.0 Å². The van der Waals surface area contributed by atoms with Gasteiger partial charge in [0.15, 0.2) is 5.96 Å². The first kappa shape index (κ1) is 17.7. The molecule has 1 saturated carbocycles. The van der Waals surface area contributed by atoms with Gasteiger partial charge in [0.2, 0.25) is 0 Å². The zero-order valence-electron chi connectivity index (χ0n) is 14.6. The molecule has 1 aromatic rings. The molecule has 4 nitrogen and oxygen atoms in total. The van der Waals surface area contributed by atoms with Crippen molar-refractivity contribution in [3.63, 3.8) is 0 Å². The van der Waals surface area contributed by atoms with Gasteiger partial charge >= 0.3 is 0 Å². The van der Waals surface area contributed by atoms with Crippen LogP contribution in [-0.4, -0.2) is 55.0 Å². The van der Waals surface area contributed by atoms with E-state index in [0.29, 0.717) is 6.54 Å². The molecule has 1 aliphatic rings. The predicted octanol–water partition coefficient (Wildman–Crippen LogP) is 2.71. The Balaban J connectivity index is 1.91. The van der Waals surface area contributed by atoms with E-state index in [4.69, 9.17) is 4.99 Å². The van der Waals surface area contributed by atoms with E-state index in [0.717, 1.165) is 43.7 Å². The van der Waals surface area contributed by atoms with Gasteiger partial charge in [0.25, 0.3) is 0 Å². The Morgan fingerprint density at radius 3 is 2.74 bits per heavy atom. The number of guanidine groups is 1. The van der Waals surface area contributed by atoms with Gasteiger partial charge in [-0.2, -0.15) is 0 Å². The van der Waals surface area contributed by atoms with Crippen molar-refractivity contribution in [2.24, 2.45) is 4.99 Å². The van der Waals surface area contributed by atoms with Gasteiger partial charge in [-0.25, -0.2) is 4.39 Å². The number of rotatable bonds is 8. The van der Waals surface area contributed by atoms with Crippen LogP contribution in [0, 0.1) is 5.82 Å². The fourth-order valence-corrected chi connectivity index (χ4v) is 2.78.